The molecule has 9 heterocycles. The van der Waals surface area contributed by atoms with Crippen LogP contribution in [0.25, 0.3) is 0 Å². The topological polar surface area (TPSA) is 86.3 Å². The predicted molar refractivity (Wildman–Crippen MR) is 207 cm³/mol. The van der Waals surface area contributed by atoms with Gasteiger partial charge in [0, 0.05) is 60.7 Å². The lowest BCUT2D eigenvalue weighted by Gasteiger charge is -2.69. The van der Waals surface area contributed by atoms with Gasteiger partial charge in [0.2, 0.25) is 0 Å². The zero-order chi connectivity index (χ0) is 36.6. The van der Waals surface area contributed by atoms with Crippen LogP contribution in [0.1, 0.15) is 132 Å². The molecule has 4 aliphatic carbocycles. The van der Waals surface area contributed by atoms with Crippen molar-refractivity contribution in [3.05, 3.63) is 58.4 Å². The summed E-state index contributed by atoms with van der Waals surface area (Å²) in [6, 6.07) is 8.30. The Morgan fingerprint density at radius 3 is 2.72 bits per heavy atom. The number of ether oxygens (including phenoxy) is 2. The average molecular weight is 735 g/mol. The number of nitrogens with two attached hydrogens (primary N) is 1. The van der Waals surface area contributed by atoms with Crippen LogP contribution >= 0.6 is 0 Å². The first kappa shape index (κ1) is 34.7. The molecule has 7 nitrogen and oxygen atoms in total. The zero-order valence-electron chi connectivity index (χ0n) is 33.0. The van der Waals surface area contributed by atoms with Crippen molar-refractivity contribution in [3.8, 4) is 0 Å². The standard InChI is InChI=1S/C47H63N3O4/c1-3-8-39-45-24-33-18-19-46(45,47(39)36-13-6-11-31(12-7-20-48)41(36)43(51)54-47)40(53-44(45)52)17-16-37(30-9-4-5-10-30)49-25-29-23-34(27-49)38-15-14-32-21-28(2)22-35(33)42(32)50(38)26-29/h6,11,13,17,24,28-30,32,34-35,37-39,42H,3-5,7-10,12,14-16,18-23,25-27,48H2,1-2H3/p+1. The van der Waals surface area contributed by atoms with Crippen LogP contribution in [0.2, 0.25) is 0 Å². The van der Waals surface area contributed by atoms with Crippen molar-refractivity contribution < 1.29 is 24.0 Å². The fourth-order valence-electron chi connectivity index (χ4n) is 16.4. The van der Waals surface area contributed by atoms with Gasteiger partial charge >= 0.3 is 11.9 Å². The number of esters is 2. The maximum atomic E-state index is 15.2. The van der Waals surface area contributed by atoms with Gasteiger partial charge < -0.3 is 20.1 Å². The van der Waals surface area contributed by atoms with Crippen molar-refractivity contribution in [2.24, 2.45) is 58.0 Å². The van der Waals surface area contributed by atoms with E-state index in [9.17, 15) is 4.79 Å². The van der Waals surface area contributed by atoms with E-state index in [0.717, 1.165) is 91.2 Å². The SMILES string of the molecule is CCCC1C23C=C4CCC2(C(=CCC(C2CCCC2)N2CC5CC(C2)C2CCC6CC(C)CC4C6[NH+]2C5)OC3=O)C12OC(=O)c1c(CCCN)cccc12. The number of fused-ring (bicyclic) bond motifs is 2. The van der Waals surface area contributed by atoms with Gasteiger partial charge in [-0.1, -0.05) is 63.0 Å². The van der Waals surface area contributed by atoms with Gasteiger partial charge in [-0.15, -0.1) is 0 Å². The third kappa shape index (κ3) is 4.36. The maximum absolute atomic E-state index is 15.2. The van der Waals surface area contributed by atoms with Crippen LogP contribution in [0.3, 0.4) is 0 Å². The number of nitrogens with zero attached hydrogens (tertiary/aromatic N) is 1. The molecule has 3 N–H and O–H groups in total. The van der Waals surface area contributed by atoms with Gasteiger partial charge in [0.05, 0.1) is 29.6 Å². The molecule has 0 amide bonds. The van der Waals surface area contributed by atoms with E-state index in [1.165, 1.54) is 77.4 Å². The van der Waals surface area contributed by atoms with Crippen molar-refractivity contribution in [3.63, 3.8) is 0 Å². The molecule has 3 saturated carbocycles. The van der Waals surface area contributed by atoms with Crippen molar-refractivity contribution in [1.82, 2.24) is 4.90 Å². The molecule has 14 unspecified atom stereocenters. The van der Waals surface area contributed by atoms with Crippen LogP contribution in [0.15, 0.2) is 41.7 Å². The van der Waals surface area contributed by atoms with Crippen LogP contribution < -0.4 is 10.6 Å². The summed E-state index contributed by atoms with van der Waals surface area (Å²) in [5, 5.41) is 0. The van der Waals surface area contributed by atoms with Gasteiger partial charge in [0.1, 0.15) is 11.2 Å². The Kier molecular flexibility index (Phi) is 8.05. The molecule has 54 heavy (non-hydrogen) atoms. The van der Waals surface area contributed by atoms with Crippen LogP contribution in [-0.4, -0.2) is 61.1 Å². The van der Waals surface area contributed by atoms with Gasteiger partial charge in [0.15, 0.2) is 5.60 Å². The summed E-state index contributed by atoms with van der Waals surface area (Å²) in [6.07, 6.45) is 23.0. The number of rotatable bonds is 6. The second-order valence-corrected chi connectivity index (χ2v) is 20.2. The summed E-state index contributed by atoms with van der Waals surface area (Å²) in [4.78, 5) is 34.5. The molecule has 0 radical (unpaired) electrons. The highest BCUT2D eigenvalue weighted by molar-refractivity contribution is 5.99. The van der Waals surface area contributed by atoms with Crippen molar-refractivity contribution in [1.29, 1.82) is 0 Å². The predicted octanol–water partition coefficient (Wildman–Crippen LogP) is 6.50. The summed E-state index contributed by atoms with van der Waals surface area (Å²) in [5.41, 5.74) is 7.90. The molecule has 13 aliphatic rings. The minimum Gasteiger partial charge on any atom is -0.449 e. The molecule has 7 fully saturated rings. The van der Waals surface area contributed by atoms with Crippen molar-refractivity contribution >= 4 is 11.9 Å². The van der Waals surface area contributed by atoms with E-state index < -0.39 is 16.4 Å². The minimum absolute atomic E-state index is 0.0698. The van der Waals surface area contributed by atoms with Gasteiger partial charge in [-0.25, -0.2) is 4.79 Å². The van der Waals surface area contributed by atoms with Gasteiger partial charge in [-0.2, -0.15) is 0 Å². The Labute approximate surface area is 322 Å². The summed E-state index contributed by atoms with van der Waals surface area (Å²) in [5.74, 6) is 4.65. The average Bonchev–Trinajstić information content (AvgIpc) is 3.87. The quantitative estimate of drug-likeness (QED) is 0.257. The summed E-state index contributed by atoms with van der Waals surface area (Å²) in [6.45, 7) is 9.13. The number of aryl methyl sites for hydroxylation is 1. The van der Waals surface area contributed by atoms with Crippen molar-refractivity contribution in [2.45, 2.75) is 140 Å². The number of nitrogens with one attached hydrogen (secondary N) is 1. The van der Waals surface area contributed by atoms with E-state index in [0.29, 0.717) is 36.4 Å². The largest absolute Gasteiger partial charge is 0.449 e. The lowest BCUT2D eigenvalue weighted by atomic mass is 9.31. The summed E-state index contributed by atoms with van der Waals surface area (Å²) in [7, 11) is 0. The van der Waals surface area contributed by atoms with E-state index in [1.54, 1.807) is 5.57 Å². The Bertz CT molecular complexity index is 1800. The van der Waals surface area contributed by atoms with E-state index in [-0.39, 0.29) is 17.9 Å². The first-order valence-corrected chi connectivity index (χ1v) is 22.6. The number of hydrogen-bond acceptors (Lipinski definition) is 6. The molecular formula is C47H64N3O4+. The van der Waals surface area contributed by atoms with E-state index in [1.807, 2.05) is 4.90 Å². The van der Waals surface area contributed by atoms with Crippen LogP contribution in [-0.2, 0) is 26.3 Å². The number of piperidine rings is 3. The lowest BCUT2D eigenvalue weighted by Crippen LogP contribution is -3.24. The molecule has 0 aromatic heterocycles. The molecule has 9 aliphatic heterocycles. The molecule has 7 heteroatoms. The van der Waals surface area contributed by atoms with Crippen LogP contribution in [0.4, 0.5) is 0 Å². The zero-order valence-corrected chi connectivity index (χ0v) is 33.0. The number of quaternary nitrogens is 1. The lowest BCUT2D eigenvalue weighted by molar-refractivity contribution is -0.976. The maximum Gasteiger partial charge on any atom is 0.339 e. The molecule has 14 atom stereocenters. The normalized spacial score (nSPS) is 47.0. The molecule has 290 valence electrons. The smallest absolute Gasteiger partial charge is 0.339 e. The second-order valence-electron chi connectivity index (χ2n) is 20.2. The molecule has 1 aromatic carbocycles. The molecule has 2 spiro atoms. The number of benzene rings is 1. The summed E-state index contributed by atoms with van der Waals surface area (Å²) >= 11 is 0. The fourth-order valence-corrected chi connectivity index (χ4v) is 16.4. The Hall–Kier alpha value is -2.48. The van der Waals surface area contributed by atoms with Gasteiger partial charge in [-0.3, -0.25) is 9.69 Å². The molecule has 10 bridgehead atoms. The summed E-state index contributed by atoms with van der Waals surface area (Å²) < 4.78 is 13.9. The Morgan fingerprint density at radius 2 is 1.89 bits per heavy atom. The highest BCUT2D eigenvalue weighted by atomic mass is 16.6. The third-order valence-electron chi connectivity index (χ3n) is 18.0. The number of hydrogen-bond donors (Lipinski definition) is 2. The Morgan fingerprint density at radius 1 is 1.02 bits per heavy atom. The molecular weight excluding hydrogens is 671 g/mol. The molecule has 14 rings (SSSR count). The molecule has 4 saturated heterocycles. The van der Waals surface area contributed by atoms with Gasteiger partial charge in [0.25, 0.3) is 0 Å². The highest BCUT2D eigenvalue weighted by Crippen LogP contribution is 2.84. The van der Waals surface area contributed by atoms with Crippen LogP contribution in [0.5, 0.6) is 0 Å². The monoisotopic (exact) mass is 734 g/mol. The first-order valence-electron chi connectivity index (χ1n) is 22.6. The Balaban J connectivity index is 1.13. The van der Waals surface area contributed by atoms with E-state index >= 15 is 4.79 Å². The van der Waals surface area contributed by atoms with E-state index in [4.69, 9.17) is 15.2 Å². The first-order chi connectivity index (χ1) is 26.3. The highest BCUT2D eigenvalue weighted by Gasteiger charge is 2.91. The second kappa shape index (κ2) is 12.5. The third-order valence-corrected chi connectivity index (χ3v) is 18.0. The molecule has 1 aromatic rings. The van der Waals surface area contributed by atoms with Crippen molar-refractivity contribution in [2.75, 3.05) is 26.2 Å². The van der Waals surface area contributed by atoms with Gasteiger partial charge in [-0.05, 0) is 107 Å². The number of carbonyl (C=O) groups excluding carboxylic acids is 2. The van der Waals surface area contributed by atoms with E-state index in [2.05, 4.69) is 49.1 Å². The van der Waals surface area contributed by atoms with Crippen LogP contribution in [0, 0.1) is 52.3 Å². The fraction of sp³-hybridized carbons (Fsp3) is 0.745. The number of carbonyl (C=O) groups is 2. The minimum atomic E-state index is -0.907.